The van der Waals surface area contributed by atoms with Crippen molar-refractivity contribution in [1.82, 2.24) is 9.47 Å². The SMILES string of the molecule is COC(=O)c1cc(C#N)c(=O)n(CC(=O)N(C)Cc2ccc(Cl)c(Cl)c2)c1. The molecule has 1 amide bonds. The van der Waals surface area contributed by atoms with Crippen molar-refractivity contribution in [3.05, 3.63) is 67.6 Å². The number of esters is 1. The molecule has 0 saturated carbocycles. The molecule has 0 atom stereocenters. The second-order valence-corrected chi connectivity index (χ2v) is 6.49. The zero-order chi connectivity index (χ0) is 20.1. The Morgan fingerprint density at radius 1 is 1.26 bits per heavy atom. The maximum Gasteiger partial charge on any atom is 0.339 e. The van der Waals surface area contributed by atoms with E-state index in [4.69, 9.17) is 28.5 Å². The van der Waals surface area contributed by atoms with Crippen LogP contribution < -0.4 is 5.56 Å². The molecule has 0 aliphatic rings. The van der Waals surface area contributed by atoms with Gasteiger partial charge >= 0.3 is 5.97 Å². The Labute approximate surface area is 165 Å². The highest BCUT2D eigenvalue weighted by Gasteiger charge is 2.16. The number of likely N-dealkylation sites (N-methyl/N-ethyl adjacent to an activating group) is 1. The van der Waals surface area contributed by atoms with Gasteiger partial charge in [-0.2, -0.15) is 5.26 Å². The van der Waals surface area contributed by atoms with Crippen molar-refractivity contribution < 1.29 is 14.3 Å². The van der Waals surface area contributed by atoms with Crippen LogP contribution in [0.25, 0.3) is 0 Å². The molecule has 0 unspecified atom stereocenters. The molecule has 0 aliphatic heterocycles. The Balaban J connectivity index is 2.23. The number of hydrogen-bond donors (Lipinski definition) is 0. The summed E-state index contributed by atoms with van der Waals surface area (Å²) in [6.45, 7) is -0.0948. The molecule has 2 rings (SSSR count). The summed E-state index contributed by atoms with van der Waals surface area (Å²) >= 11 is 11.8. The summed E-state index contributed by atoms with van der Waals surface area (Å²) in [6, 6.07) is 7.85. The highest BCUT2D eigenvalue weighted by molar-refractivity contribution is 6.42. The monoisotopic (exact) mass is 407 g/mol. The molecule has 1 aromatic heterocycles. The highest BCUT2D eigenvalue weighted by Crippen LogP contribution is 2.23. The molecule has 1 heterocycles. The van der Waals surface area contributed by atoms with Gasteiger partial charge in [0, 0.05) is 19.8 Å². The minimum Gasteiger partial charge on any atom is -0.465 e. The van der Waals surface area contributed by atoms with Crippen LogP contribution in [0.15, 0.2) is 35.3 Å². The van der Waals surface area contributed by atoms with Crippen LogP contribution in [0.5, 0.6) is 0 Å². The number of ether oxygens (including phenoxy) is 1. The molecule has 0 fully saturated rings. The van der Waals surface area contributed by atoms with E-state index in [1.165, 1.54) is 18.2 Å². The second-order valence-electron chi connectivity index (χ2n) is 5.68. The van der Waals surface area contributed by atoms with Crippen LogP contribution in [0.4, 0.5) is 0 Å². The Hall–Kier alpha value is -2.82. The van der Waals surface area contributed by atoms with E-state index < -0.39 is 17.4 Å². The summed E-state index contributed by atoms with van der Waals surface area (Å²) < 4.78 is 5.61. The number of rotatable bonds is 5. The van der Waals surface area contributed by atoms with Gasteiger partial charge in [0.15, 0.2) is 0 Å². The fourth-order valence-corrected chi connectivity index (χ4v) is 2.65. The Kier molecular flexibility index (Phi) is 6.61. The van der Waals surface area contributed by atoms with Gasteiger partial charge in [0.25, 0.3) is 5.56 Å². The summed E-state index contributed by atoms with van der Waals surface area (Å²) in [5, 5.41) is 9.85. The molecule has 0 aliphatic carbocycles. The van der Waals surface area contributed by atoms with E-state index in [2.05, 4.69) is 4.74 Å². The topological polar surface area (TPSA) is 92.4 Å². The molecule has 0 spiro atoms. The Morgan fingerprint density at radius 3 is 2.56 bits per heavy atom. The minimum absolute atomic E-state index is 0.00795. The standard InChI is InChI=1S/C18H15Cl2N3O4/c1-22(8-11-3-4-14(19)15(20)5-11)16(24)10-23-9-13(18(26)27-2)6-12(7-21)17(23)25/h3-6,9H,8,10H2,1-2H3. The molecule has 27 heavy (non-hydrogen) atoms. The molecule has 7 nitrogen and oxygen atoms in total. The average molecular weight is 408 g/mol. The number of aromatic nitrogens is 1. The predicted molar refractivity (Wildman–Crippen MR) is 99.7 cm³/mol. The number of hydrogen-bond acceptors (Lipinski definition) is 5. The lowest BCUT2D eigenvalue weighted by molar-refractivity contribution is -0.131. The van der Waals surface area contributed by atoms with Gasteiger partial charge in [-0.1, -0.05) is 29.3 Å². The van der Waals surface area contributed by atoms with Crippen LogP contribution in [0, 0.1) is 11.3 Å². The highest BCUT2D eigenvalue weighted by atomic mass is 35.5. The number of pyridine rings is 1. The molecule has 9 heteroatoms. The number of amides is 1. The average Bonchev–Trinajstić information content (AvgIpc) is 2.65. The molecule has 0 N–H and O–H groups in total. The fourth-order valence-electron chi connectivity index (χ4n) is 2.33. The smallest absolute Gasteiger partial charge is 0.339 e. The first kappa shape index (κ1) is 20.5. The third kappa shape index (κ3) is 4.88. The van der Waals surface area contributed by atoms with E-state index >= 15 is 0 Å². The lowest BCUT2D eigenvalue weighted by Gasteiger charge is -2.18. The van der Waals surface area contributed by atoms with Gasteiger partial charge in [0.05, 0.1) is 22.7 Å². The normalized spacial score (nSPS) is 10.2. The molecule has 1 aromatic carbocycles. The first-order valence-corrected chi connectivity index (χ1v) is 8.43. The zero-order valence-corrected chi connectivity index (χ0v) is 16.0. The molecule has 0 radical (unpaired) electrons. The first-order chi connectivity index (χ1) is 12.8. The number of nitriles is 1. The van der Waals surface area contributed by atoms with Gasteiger partial charge < -0.3 is 14.2 Å². The molecular weight excluding hydrogens is 393 g/mol. The van der Waals surface area contributed by atoms with Crippen molar-refractivity contribution in [2.24, 2.45) is 0 Å². The molecule has 2 aromatic rings. The van der Waals surface area contributed by atoms with Gasteiger partial charge in [-0.3, -0.25) is 9.59 Å². The quantitative estimate of drug-likeness (QED) is 0.709. The number of nitrogens with zero attached hydrogens (tertiary/aromatic N) is 3. The maximum atomic E-state index is 12.5. The number of benzene rings is 1. The van der Waals surface area contributed by atoms with E-state index in [9.17, 15) is 14.4 Å². The van der Waals surface area contributed by atoms with E-state index in [-0.39, 0.29) is 24.2 Å². The first-order valence-electron chi connectivity index (χ1n) is 7.67. The maximum absolute atomic E-state index is 12.5. The van der Waals surface area contributed by atoms with Crippen LogP contribution in [0.3, 0.4) is 0 Å². The van der Waals surface area contributed by atoms with Crippen LogP contribution >= 0.6 is 23.2 Å². The number of methoxy groups -OCH3 is 1. The van der Waals surface area contributed by atoms with Crippen molar-refractivity contribution in [2.75, 3.05) is 14.2 Å². The van der Waals surface area contributed by atoms with E-state index in [1.54, 1.807) is 31.3 Å². The van der Waals surface area contributed by atoms with Crippen molar-refractivity contribution in [3.63, 3.8) is 0 Å². The summed E-state index contributed by atoms with van der Waals surface area (Å²) in [5.74, 6) is -1.11. The van der Waals surface area contributed by atoms with Gasteiger partial charge in [-0.05, 0) is 23.8 Å². The van der Waals surface area contributed by atoms with Crippen molar-refractivity contribution in [1.29, 1.82) is 5.26 Å². The van der Waals surface area contributed by atoms with E-state index in [0.29, 0.717) is 10.0 Å². The number of halogens is 2. The van der Waals surface area contributed by atoms with Crippen LogP contribution in [-0.4, -0.2) is 35.5 Å². The number of carbonyl (C=O) groups excluding carboxylic acids is 2. The van der Waals surface area contributed by atoms with Gasteiger partial charge in [0.2, 0.25) is 5.91 Å². The largest absolute Gasteiger partial charge is 0.465 e. The predicted octanol–water partition coefficient (Wildman–Crippen LogP) is 2.47. The number of carbonyl (C=O) groups is 2. The molecular formula is C18H15Cl2N3O4. The van der Waals surface area contributed by atoms with Crippen molar-refractivity contribution >= 4 is 35.1 Å². The molecule has 0 saturated heterocycles. The summed E-state index contributed by atoms with van der Waals surface area (Å²) in [6.07, 6.45) is 1.19. The Morgan fingerprint density at radius 2 is 1.96 bits per heavy atom. The van der Waals surface area contributed by atoms with Crippen molar-refractivity contribution in [3.8, 4) is 6.07 Å². The minimum atomic E-state index is -0.711. The van der Waals surface area contributed by atoms with Crippen LogP contribution in [-0.2, 0) is 22.6 Å². The Bertz CT molecular complexity index is 995. The van der Waals surface area contributed by atoms with Crippen molar-refractivity contribution in [2.45, 2.75) is 13.1 Å². The third-order valence-corrected chi connectivity index (χ3v) is 4.50. The molecule has 140 valence electrons. The fraction of sp³-hybridized carbons (Fsp3) is 0.222. The zero-order valence-electron chi connectivity index (χ0n) is 14.5. The lowest BCUT2D eigenvalue weighted by Crippen LogP contribution is -2.34. The van der Waals surface area contributed by atoms with Crippen LogP contribution in [0.2, 0.25) is 10.0 Å². The van der Waals surface area contributed by atoms with E-state index in [0.717, 1.165) is 16.2 Å². The second kappa shape index (κ2) is 8.71. The van der Waals surface area contributed by atoms with Gasteiger partial charge in [-0.15, -0.1) is 0 Å². The molecule has 0 bridgehead atoms. The van der Waals surface area contributed by atoms with E-state index in [1.807, 2.05) is 0 Å². The summed E-state index contributed by atoms with van der Waals surface area (Å²) in [5.41, 5.74) is -0.151. The van der Waals surface area contributed by atoms with Gasteiger partial charge in [0.1, 0.15) is 18.2 Å². The summed E-state index contributed by atoms with van der Waals surface area (Å²) in [7, 11) is 2.74. The van der Waals surface area contributed by atoms with Crippen LogP contribution in [0.1, 0.15) is 21.5 Å². The summed E-state index contributed by atoms with van der Waals surface area (Å²) in [4.78, 5) is 37.8. The lowest BCUT2D eigenvalue weighted by atomic mass is 10.2. The third-order valence-electron chi connectivity index (χ3n) is 3.76. The van der Waals surface area contributed by atoms with Gasteiger partial charge in [-0.25, -0.2) is 4.79 Å².